The normalized spacial score (nSPS) is 18.9. The van der Waals surface area contributed by atoms with Crippen molar-refractivity contribution in [3.05, 3.63) is 29.7 Å². The van der Waals surface area contributed by atoms with Crippen LogP contribution >= 0.6 is 23.4 Å². The molecule has 2 aliphatic rings. The first-order chi connectivity index (χ1) is 18.3. The Balaban J connectivity index is 1.34. The first kappa shape index (κ1) is 29.2. The minimum atomic E-state index is -1.71. The molecule has 2 fully saturated rings. The molecule has 39 heavy (non-hydrogen) atoms. The lowest BCUT2D eigenvalue weighted by atomic mass is 9.90. The van der Waals surface area contributed by atoms with Crippen LogP contribution in [-0.2, 0) is 9.53 Å². The van der Waals surface area contributed by atoms with Gasteiger partial charge in [-0.1, -0.05) is 23.4 Å². The number of halogens is 1. The van der Waals surface area contributed by atoms with Crippen molar-refractivity contribution in [1.29, 1.82) is 0 Å². The number of nitrogens with zero attached hydrogens (tertiary/aromatic N) is 5. The molecule has 3 N–H and O–H groups in total. The third kappa shape index (κ3) is 7.23. The molecule has 2 aromatic heterocycles. The van der Waals surface area contributed by atoms with Crippen LogP contribution in [0.5, 0.6) is 0 Å². The Bertz CT molecular complexity index is 1190. The van der Waals surface area contributed by atoms with Crippen LogP contribution in [-0.4, -0.2) is 80.1 Å². The van der Waals surface area contributed by atoms with E-state index < -0.39 is 23.3 Å². The highest BCUT2D eigenvalue weighted by molar-refractivity contribution is 7.99. The van der Waals surface area contributed by atoms with Crippen molar-refractivity contribution >= 4 is 47.1 Å². The van der Waals surface area contributed by atoms with Crippen molar-refractivity contribution < 1.29 is 24.5 Å². The second-order valence-electron chi connectivity index (χ2n) is 11.3. The van der Waals surface area contributed by atoms with Crippen LogP contribution < -0.4 is 15.1 Å². The highest BCUT2D eigenvalue weighted by Crippen LogP contribution is 2.38. The topological polar surface area (TPSA) is 141 Å². The number of carbonyl (C=O) groups is 2. The van der Waals surface area contributed by atoms with E-state index in [9.17, 15) is 19.8 Å². The number of aliphatic carboxylic acids is 1. The van der Waals surface area contributed by atoms with Crippen LogP contribution in [0.3, 0.4) is 0 Å². The molecule has 0 spiro atoms. The molecule has 0 unspecified atom stereocenters. The molecule has 0 atom stereocenters. The van der Waals surface area contributed by atoms with Gasteiger partial charge in [-0.2, -0.15) is 0 Å². The van der Waals surface area contributed by atoms with Crippen molar-refractivity contribution in [2.24, 2.45) is 0 Å². The van der Waals surface area contributed by atoms with E-state index in [-0.39, 0.29) is 18.4 Å². The monoisotopic (exact) mass is 578 g/mol. The quantitative estimate of drug-likeness (QED) is 0.458. The molecule has 2 saturated heterocycles. The number of alkyl carbamates (subject to hydrolysis) is 1. The number of aliphatic hydroxyl groups is 1. The zero-order valence-corrected chi connectivity index (χ0v) is 24.2. The second kappa shape index (κ2) is 11.3. The number of aromatic nitrogens is 3. The largest absolute Gasteiger partial charge is 0.479 e. The zero-order valence-electron chi connectivity index (χ0n) is 22.6. The molecule has 0 saturated carbocycles. The van der Waals surface area contributed by atoms with Crippen molar-refractivity contribution in [3.63, 3.8) is 0 Å². The summed E-state index contributed by atoms with van der Waals surface area (Å²) in [5.74, 6) is 0.109. The number of carboxylic acids is 1. The highest BCUT2D eigenvalue weighted by Gasteiger charge is 2.40. The van der Waals surface area contributed by atoms with E-state index in [1.807, 2.05) is 32.6 Å². The number of ether oxygens (including phenoxy) is 1. The van der Waals surface area contributed by atoms with Crippen molar-refractivity contribution in [3.8, 4) is 0 Å². The molecule has 1 amide bonds. The molecule has 11 nitrogen and oxygen atoms in total. The Hall–Kier alpha value is -2.83. The maximum absolute atomic E-state index is 12.2. The van der Waals surface area contributed by atoms with E-state index in [0.717, 1.165) is 36.6 Å². The van der Waals surface area contributed by atoms with Gasteiger partial charge in [-0.3, -0.25) is 0 Å². The van der Waals surface area contributed by atoms with Gasteiger partial charge < -0.3 is 30.1 Å². The lowest BCUT2D eigenvalue weighted by Crippen LogP contribution is -2.54. The molecule has 4 rings (SSSR count). The molecular weight excluding hydrogens is 544 g/mol. The molecule has 0 aromatic carbocycles. The number of rotatable bonds is 6. The molecule has 2 aliphatic heterocycles. The van der Waals surface area contributed by atoms with E-state index in [1.165, 1.54) is 11.8 Å². The predicted molar refractivity (Wildman–Crippen MR) is 149 cm³/mol. The fourth-order valence-corrected chi connectivity index (χ4v) is 5.65. The van der Waals surface area contributed by atoms with Crippen LogP contribution in [0.4, 0.5) is 16.4 Å². The maximum Gasteiger partial charge on any atom is 0.408 e. The van der Waals surface area contributed by atoms with Gasteiger partial charge in [-0.25, -0.2) is 24.5 Å². The van der Waals surface area contributed by atoms with Gasteiger partial charge in [0.1, 0.15) is 22.3 Å². The van der Waals surface area contributed by atoms with Crippen molar-refractivity contribution in [2.45, 2.75) is 80.0 Å². The van der Waals surface area contributed by atoms with Crippen LogP contribution in [0.1, 0.15) is 53.4 Å². The van der Waals surface area contributed by atoms with Gasteiger partial charge in [-0.15, -0.1) is 0 Å². The number of anilines is 2. The van der Waals surface area contributed by atoms with Gasteiger partial charge in [0.05, 0.1) is 17.4 Å². The Kier molecular flexibility index (Phi) is 8.48. The Morgan fingerprint density at radius 1 is 1.05 bits per heavy atom. The van der Waals surface area contributed by atoms with Gasteiger partial charge in [0.25, 0.3) is 0 Å². The molecule has 0 bridgehead atoms. The van der Waals surface area contributed by atoms with Gasteiger partial charge in [0.2, 0.25) is 0 Å². The summed E-state index contributed by atoms with van der Waals surface area (Å²) < 4.78 is 5.41. The molecule has 4 heterocycles. The summed E-state index contributed by atoms with van der Waals surface area (Å²) in [6.07, 6.45) is 6.38. The minimum absolute atomic E-state index is 0.0946. The van der Waals surface area contributed by atoms with Crippen molar-refractivity contribution in [2.75, 3.05) is 36.0 Å². The summed E-state index contributed by atoms with van der Waals surface area (Å²) in [5, 5.41) is 23.6. The van der Waals surface area contributed by atoms with Crippen LogP contribution in [0.2, 0.25) is 5.02 Å². The summed E-state index contributed by atoms with van der Waals surface area (Å²) in [7, 11) is 0. The molecule has 13 heteroatoms. The smallest absolute Gasteiger partial charge is 0.408 e. The summed E-state index contributed by atoms with van der Waals surface area (Å²) in [5.41, 5.74) is -2.60. The van der Waals surface area contributed by atoms with Gasteiger partial charge in [-0.05, 0) is 46.6 Å². The zero-order chi connectivity index (χ0) is 28.4. The molecule has 0 aliphatic carbocycles. The molecule has 0 radical (unpaired) electrons. The van der Waals surface area contributed by atoms with Crippen LogP contribution in [0.25, 0.3) is 0 Å². The summed E-state index contributed by atoms with van der Waals surface area (Å²) in [6.45, 7) is 9.68. The van der Waals surface area contributed by atoms with Crippen molar-refractivity contribution in [1.82, 2.24) is 20.3 Å². The average Bonchev–Trinajstić information content (AvgIpc) is 2.85. The number of carboxylic acid groups (broad SMARTS) is 1. The molecule has 2 aromatic rings. The third-order valence-electron chi connectivity index (χ3n) is 6.95. The molecular formula is C26H35ClN6O5S. The number of pyridine rings is 1. The number of hydrogen-bond donors (Lipinski definition) is 3. The third-order valence-corrected chi connectivity index (χ3v) is 8.41. The minimum Gasteiger partial charge on any atom is -0.479 e. The van der Waals surface area contributed by atoms with E-state index in [2.05, 4.69) is 25.2 Å². The van der Waals surface area contributed by atoms with Crippen LogP contribution in [0, 0.1) is 0 Å². The maximum atomic E-state index is 12.2. The van der Waals surface area contributed by atoms with E-state index in [0.29, 0.717) is 29.0 Å². The lowest BCUT2D eigenvalue weighted by Gasteiger charge is -2.40. The molecule has 212 valence electrons. The Morgan fingerprint density at radius 3 is 2.26 bits per heavy atom. The van der Waals surface area contributed by atoms with Gasteiger partial charge >= 0.3 is 12.1 Å². The van der Waals surface area contributed by atoms with E-state index in [1.54, 1.807) is 24.7 Å². The summed E-state index contributed by atoms with van der Waals surface area (Å²) in [4.78, 5) is 41.9. The van der Waals surface area contributed by atoms with E-state index in [4.69, 9.17) is 16.3 Å². The Labute approximate surface area is 237 Å². The number of piperidine rings is 2. The lowest BCUT2D eigenvalue weighted by molar-refractivity contribution is -0.160. The van der Waals surface area contributed by atoms with Crippen LogP contribution in [0.15, 0.2) is 34.6 Å². The first-order valence-electron chi connectivity index (χ1n) is 12.9. The standard InChI is InChI=1S/C26H35ClN6O5S/c1-24(2,3)38-23(36)31-25(4)6-11-32(12-7-25)18-15-30-19(16-29-18)39-17-5-10-28-21(20(17)27)33-13-8-26(37,9-14-33)22(34)35/h5,10,15-16,37H,6-9,11-14H2,1-4H3,(H,31,36)(H,34,35). The average molecular weight is 579 g/mol. The second-order valence-corrected chi connectivity index (χ2v) is 12.7. The first-order valence-corrected chi connectivity index (χ1v) is 14.1. The summed E-state index contributed by atoms with van der Waals surface area (Å²) in [6, 6.07) is 1.80. The fraction of sp³-hybridized carbons (Fsp3) is 0.577. The van der Waals surface area contributed by atoms with E-state index >= 15 is 0 Å². The number of hydrogen-bond acceptors (Lipinski definition) is 10. The summed E-state index contributed by atoms with van der Waals surface area (Å²) >= 11 is 8.05. The van der Waals surface area contributed by atoms with Gasteiger partial charge in [0.15, 0.2) is 5.60 Å². The SMILES string of the molecule is CC1(NC(=O)OC(C)(C)C)CCN(c2cnc(Sc3ccnc(N4CCC(O)(C(=O)O)CC4)c3Cl)cn2)CC1. The fourth-order valence-electron chi connectivity index (χ4n) is 4.56. The Morgan fingerprint density at radius 2 is 1.69 bits per heavy atom. The highest BCUT2D eigenvalue weighted by atomic mass is 35.5. The number of carbonyl (C=O) groups excluding carboxylic acids is 1. The predicted octanol–water partition coefficient (Wildman–Crippen LogP) is 3.98. The number of amides is 1. The van der Waals surface area contributed by atoms with Gasteiger partial charge in [0, 0.05) is 55.7 Å². The number of nitrogens with one attached hydrogen (secondary N) is 1.